The van der Waals surface area contributed by atoms with Gasteiger partial charge in [0.05, 0.1) is 4.90 Å². The van der Waals surface area contributed by atoms with Crippen molar-refractivity contribution < 1.29 is 17.2 Å². The van der Waals surface area contributed by atoms with Crippen LogP contribution in [0.1, 0.15) is 0 Å². The Labute approximate surface area is 134 Å². The van der Waals surface area contributed by atoms with Crippen molar-refractivity contribution in [3.8, 4) is 0 Å². The van der Waals surface area contributed by atoms with E-state index in [0.717, 1.165) is 12.1 Å². The summed E-state index contributed by atoms with van der Waals surface area (Å²) in [7, 11) is -3.51. The van der Waals surface area contributed by atoms with Crippen molar-refractivity contribution in [3.63, 3.8) is 0 Å². The average molecular weight is 338 g/mol. The first-order valence-corrected chi connectivity index (χ1v) is 8.68. The van der Waals surface area contributed by atoms with E-state index in [1.165, 1.54) is 10.4 Å². The smallest absolute Gasteiger partial charge is 0.243 e. The Bertz CT molecular complexity index is 789. The van der Waals surface area contributed by atoms with Crippen molar-refractivity contribution in [3.05, 3.63) is 60.2 Å². The average Bonchev–Trinajstić information content (AvgIpc) is 2.58. The molecule has 2 aromatic rings. The number of benzene rings is 2. The second-order valence-corrected chi connectivity index (χ2v) is 7.24. The van der Waals surface area contributed by atoms with Gasteiger partial charge >= 0.3 is 0 Å². The number of halogens is 2. The fourth-order valence-electron chi connectivity index (χ4n) is 2.61. The summed E-state index contributed by atoms with van der Waals surface area (Å²) in [5.74, 6) is -1.79. The van der Waals surface area contributed by atoms with Crippen LogP contribution in [0, 0.1) is 11.6 Å². The van der Waals surface area contributed by atoms with Gasteiger partial charge in [-0.1, -0.05) is 18.2 Å². The van der Waals surface area contributed by atoms with Gasteiger partial charge in [0.15, 0.2) is 11.6 Å². The molecule has 23 heavy (non-hydrogen) atoms. The van der Waals surface area contributed by atoms with Crippen molar-refractivity contribution >= 4 is 15.7 Å². The van der Waals surface area contributed by atoms with Crippen LogP contribution in [0.15, 0.2) is 53.4 Å². The van der Waals surface area contributed by atoms with Crippen molar-refractivity contribution in [1.82, 2.24) is 4.31 Å². The van der Waals surface area contributed by atoms with Gasteiger partial charge in [0, 0.05) is 37.9 Å². The van der Waals surface area contributed by atoms with Crippen molar-refractivity contribution in [2.45, 2.75) is 4.90 Å². The third-order valence-corrected chi connectivity index (χ3v) is 5.80. The Morgan fingerprint density at radius 2 is 1.48 bits per heavy atom. The molecule has 0 spiro atoms. The van der Waals surface area contributed by atoms with Gasteiger partial charge in [-0.3, -0.25) is 0 Å². The summed E-state index contributed by atoms with van der Waals surface area (Å²) in [6.07, 6.45) is 0. The van der Waals surface area contributed by atoms with E-state index >= 15 is 0 Å². The molecule has 4 nitrogen and oxygen atoms in total. The Morgan fingerprint density at radius 1 is 0.826 bits per heavy atom. The maximum absolute atomic E-state index is 13.3. The van der Waals surface area contributed by atoms with Crippen molar-refractivity contribution in [1.29, 1.82) is 0 Å². The molecule has 7 heteroatoms. The maximum Gasteiger partial charge on any atom is 0.243 e. The lowest BCUT2D eigenvalue weighted by Crippen LogP contribution is -2.48. The lowest BCUT2D eigenvalue weighted by Gasteiger charge is -2.35. The molecular weight excluding hydrogens is 322 g/mol. The van der Waals surface area contributed by atoms with E-state index < -0.39 is 21.7 Å². The van der Waals surface area contributed by atoms with E-state index in [1.807, 2.05) is 4.90 Å². The summed E-state index contributed by atoms with van der Waals surface area (Å²) >= 11 is 0. The predicted molar refractivity (Wildman–Crippen MR) is 83.8 cm³/mol. The van der Waals surface area contributed by atoms with Crippen LogP contribution in [0.25, 0.3) is 0 Å². The summed E-state index contributed by atoms with van der Waals surface area (Å²) in [5, 5.41) is 0. The zero-order valence-electron chi connectivity index (χ0n) is 12.3. The monoisotopic (exact) mass is 338 g/mol. The van der Waals surface area contributed by atoms with Crippen LogP contribution in [0.4, 0.5) is 14.5 Å². The first-order valence-electron chi connectivity index (χ1n) is 7.24. The van der Waals surface area contributed by atoms with E-state index in [-0.39, 0.29) is 4.90 Å². The zero-order valence-corrected chi connectivity index (χ0v) is 13.1. The SMILES string of the molecule is O=S(=O)(c1ccccc1)N1CCN(c2ccc(F)c(F)c2)CC1. The number of anilines is 1. The highest BCUT2D eigenvalue weighted by Crippen LogP contribution is 2.22. The molecule has 0 amide bonds. The minimum Gasteiger partial charge on any atom is -0.369 e. The Morgan fingerprint density at radius 3 is 2.09 bits per heavy atom. The molecule has 0 bridgehead atoms. The number of piperazine rings is 1. The van der Waals surface area contributed by atoms with Gasteiger partial charge in [-0.05, 0) is 24.3 Å². The molecule has 0 aliphatic carbocycles. The van der Waals surface area contributed by atoms with Crippen LogP contribution < -0.4 is 4.90 Å². The molecule has 0 radical (unpaired) electrons. The molecule has 1 fully saturated rings. The van der Waals surface area contributed by atoms with Crippen LogP contribution in [-0.2, 0) is 10.0 Å². The minimum atomic E-state index is -3.51. The summed E-state index contributed by atoms with van der Waals surface area (Å²) in [5.41, 5.74) is 0.556. The molecule has 0 N–H and O–H groups in total. The summed E-state index contributed by atoms with van der Waals surface area (Å²) in [4.78, 5) is 2.11. The molecule has 0 aromatic heterocycles. The fourth-order valence-corrected chi connectivity index (χ4v) is 4.05. The number of nitrogens with zero attached hydrogens (tertiary/aromatic N) is 2. The molecule has 0 unspecified atom stereocenters. The zero-order chi connectivity index (χ0) is 16.4. The van der Waals surface area contributed by atoms with E-state index in [2.05, 4.69) is 0 Å². The summed E-state index contributed by atoms with van der Waals surface area (Å²) < 4.78 is 52.8. The fraction of sp³-hybridized carbons (Fsp3) is 0.250. The van der Waals surface area contributed by atoms with Gasteiger partial charge in [0.25, 0.3) is 0 Å². The third-order valence-electron chi connectivity index (χ3n) is 3.89. The van der Waals surface area contributed by atoms with Gasteiger partial charge < -0.3 is 4.90 Å². The van der Waals surface area contributed by atoms with Crippen LogP contribution in [-0.4, -0.2) is 38.9 Å². The molecule has 0 saturated carbocycles. The van der Waals surface area contributed by atoms with Crippen molar-refractivity contribution in [2.75, 3.05) is 31.1 Å². The van der Waals surface area contributed by atoms with E-state index in [1.54, 1.807) is 30.3 Å². The van der Waals surface area contributed by atoms with Gasteiger partial charge in [0.2, 0.25) is 10.0 Å². The molecule has 1 heterocycles. The largest absolute Gasteiger partial charge is 0.369 e. The number of hydrogen-bond acceptors (Lipinski definition) is 3. The maximum atomic E-state index is 13.3. The van der Waals surface area contributed by atoms with E-state index in [9.17, 15) is 17.2 Å². The Hall–Kier alpha value is -1.99. The highest BCUT2D eigenvalue weighted by Gasteiger charge is 2.28. The van der Waals surface area contributed by atoms with Crippen LogP contribution in [0.2, 0.25) is 0 Å². The third kappa shape index (κ3) is 3.20. The minimum absolute atomic E-state index is 0.265. The topological polar surface area (TPSA) is 40.6 Å². The van der Waals surface area contributed by atoms with Gasteiger partial charge in [0.1, 0.15) is 0 Å². The molecule has 1 saturated heterocycles. The Balaban J connectivity index is 1.72. The van der Waals surface area contributed by atoms with Gasteiger partial charge in [-0.25, -0.2) is 17.2 Å². The highest BCUT2D eigenvalue weighted by atomic mass is 32.2. The lowest BCUT2D eigenvalue weighted by molar-refractivity contribution is 0.384. The second-order valence-electron chi connectivity index (χ2n) is 5.30. The first-order chi connectivity index (χ1) is 11.0. The molecule has 122 valence electrons. The van der Waals surface area contributed by atoms with E-state index in [4.69, 9.17) is 0 Å². The van der Waals surface area contributed by atoms with Gasteiger partial charge in [-0.2, -0.15) is 4.31 Å². The van der Waals surface area contributed by atoms with Crippen LogP contribution >= 0.6 is 0 Å². The lowest BCUT2D eigenvalue weighted by atomic mass is 10.2. The quantitative estimate of drug-likeness (QED) is 0.863. The molecule has 2 aromatic carbocycles. The van der Waals surface area contributed by atoms with Crippen molar-refractivity contribution in [2.24, 2.45) is 0 Å². The predicted octanol–water partition coefficient (Wildman–Crippen LogP) is 2.48. The molecule has 1 aliphatic rings. The standard InChI is InChI=1S/C16H16F2N2O2S/c17-15-7-6-13(12-16(15)18)19-8-10-20(11-9-19)23(21,22)14-4-2-1-3-5-14/h1-7,12H,8-11H2. The molecule has 0 atom stereocenters. The summed E-state index contributed by atoms with van der Waals surface area (Å²) in [6, 6.07) is 12.0. The van der Waals surface area contributed by atoms with Gasteiger partial charge in [-0.15, -0.1) is 0 Å². The molecule has 1 aliphatic heterocycles. The van der Waals surface area contributed by atoms with Crippen LogP contribution in [0.5, 0.6) is 0 Å². The van der Waals surface area contributed by atoms with E-state index in [0.29, 0.717) is 31.9 Å². The first kappa shape index (κ1) is 15.9. The number of rotatable bonds is 3. The second kappa shape index (κ2) is 6.25. The molecular formula is C16H16F2N2O2S. The number of hydrogen-bond donors (Lipinski definition) is 0. The van der Waals surface area contributed by atoms with Crippen LogP contribution in [0.3, 0.4) is 0 Å². The number of sulfonamides is 1. The highest BCUT2D eigenvalue weighted by molar-refractivity contribution is 7.89. The Kier molecular flexibility index (Phi) is 4.32. The summed E-state index contributed by atoms with van der Waals surface area (Å²) in [6.45, 7) is 1.46. The molecule has 3 rings (SSSR count). The normalized spacial score (nSPS) is 16.5.